The van der Waals surface area contributed by atoms with Crippen LogP contribution in [0.15, 0.2) is 18.2 Å². The molecule has 0 heterocycles. The summed E-state index contributed by atoms with van der Waals surface area (Å²) in [4.78, 5) is 13.8. The van der Waals surface area contributed by atoms with Gasteiger partial charge in [0.25, 0.3) is 0 Å². The fourth-order valence-electron chi connectivity index (χ4n) is 1.75. The van der Waals surface area contributed by atoms with Gasteiger partial charge in [0.2, 0.25) is 0 Å². The normalized spacial score (nSPS) is 10.5. The molecule has 0 aliphatic heterocycles. The number of amides is 2. The lowest BCUT2D eigenvalue weighted by molar-refractivity contribution is 0.250. The third-order valence-corrected chi connectivity index (χ3v) is 2.82. The molecule has 2 N–H and O–H groups in total. The Hall–Kier alpha value is -1.55. The third kappa shape index (κ3) is 4.37. The van der Waals surface area contributed by atoms with E-state index < -0.39 is 0 Å². The molecule has 4 heteroatoms. The zero-order valence-corrected chi connectivity index (χ0v) is 11.7. The topological polar surface area (TPSA) is 44.4 Å². The second-order valence-electron chi connectivity index (χ2n) is 4.65. The van der Waals surface area contributed by atoms with Crippen molar-refractivity contribution in [3.8, 4) is 0 Å². The molecule has 0 saturated heterocycles. The molecule has 0 fully saturated rings. The maximum Gasteiger partial charge on any atom is 0.319 e. The number of nitrogens with one attached hydrogen (secondary N) is 2. The number of anilines is 1. The Morgan fingerprint density at radius 3 is 2.67 bits per heavy atom. The number of nitrogens with zero attached hydrogens (tertiary/aromatic N) is 1. The van der Waals surface area contributed by atoms with Gasteiger partial charge in [0.15, 0.2) is 0 Å². The molecule has 0 spiro atoms. The van der Waals surface area contributed by atoms with E-state index in [0.717, 1.165) is 29.8 Å². The number of aryl methyl sites for hydroxylation is 2. The van der Waals surface area contributed by atoms with E-state index >= 15 is 0 Å². The number of hydrogen-bond donors (Lipinski definition) is 2. The molecule has 0 aliphatic carbocycles. The van der Waals surface area contributed by atoms with Crippen LogP contribution in [0.5, 0.6) is 0 Å². The van der Waals surface area contributed by atoms with E-state index in [-0.39, 0.29) is 6.03 Å². The molecule has 0 unspecified atom stereocenters. The van der Waals surface area contributed by atoms with Gasteiger partial charge in [0, 0.05) is 18.8 Å². The fraction of sp³-hybridized carbons (Fsp3) is 0.500. The number of carbonyl (C=O) groups excluding carboxylic acids is 1. The van der Waals surface area contributed by atoms with Crippen molar-refractivity contribution in [3.05, 3.63) is 29.3 Å². The highest BCUT2D eigenvalue weighted by Crippen LogP contribution is 2.20. The Bertz CT molecular complexity index is 402. The van der Waals surface area contributed by atoms with Gasteiger partial charge in [0.05, 0.1) is 0 Å². The summed E-state index contributed by atoms with van der Waals surface area (Å²) in [6, 6.07) is 5.93. The number of likely N-dealkylation sites (N-methyl/N-ethyl adjacent to an activating group) is 1. The summed E-state index contributed by atoms with van der Waals surface area (Å²) >= 11 is 0. The molecule has 18 heavy (non-hydrogen) atoms. The summed E-state index contributed by atoms with van der Waals surface area (Å²) in [6.45, 7) is 5.58. The van der Waals surface area contributed by atoms with Gasteiger partial charge in [0.1, 0.15) is 0 Å². The van der Waals surface area contributed by atoms with Crippen LogP contribution < -0.4 is 10.6 Å². The Balaban J connectivity index is 2.59. The van der Waals surface area contributed by atoms with Gasteiger partial charge in [-0.2, -0.15) is 0 Å². The number of hydrogen-bond acceptors (Lipinski definition) is 2. The lowest BCUT2D eigenvalue weighted by Crippen LogP contribution is -2.34. The van der Waals surface area contributed by atoms with Crippen LogP contribution in [0.4, 0.5) is 10.5 Å². The van der Waals surface area contributed by atoms with Crippen LogP contribution in [0.3, 0.4) is 0 Å². The summed E-state index contributed by atoms with van der Waals surface area (Å²) in [6.07, 6.45) is 0.912. The average Bonchev–Trinajstić information content (AvgIpc) is 2.31. The summed E-state index contributed by atoms with van der Waals surface area (Å²) in [5.74, 6) is 0. The maximum atomic E-state index is 11.8. The first kappa shape index (κ1) is 14.5. The minimum absolute atomic E-state index is 0.138. The van der Waals surface area contributed by atoms with E-state index in [1.165, 1.54) is 0 Å². The number of urea groups is 1. The largest absolute Gasteiger partial charge is 0.337 e. The summed E-state index contributed by atoms with van der Waals surface area (Å²) in [5, 5.41) is 5.78. The monoisotopic (exact) mass is 249 g/mol. The van der Waals surface area contributed by atoms with Crippen molar-refractivity contribution in [3.63, 3.8) is 0 Å². The number of rotatable bonds is 5. The van der Waals surface area contributed by atoms with Crippen molar-refractivity contribution in [1.82, 2.24) is 10.2 Å². The molecule has 0 saturated carbocycles. The predicted octanol–water partition coefficient (Wildman–Crippen LogP) is 2.24. The van der Waals surface area contributed by atoms with Gasteiger partial charge >= 0.3 is 6.03 Å². The predicted molar refractivity (Wildman–Crippen MR) is 76.1 cm³/mol. The Labute approximate surface area is 109 Å². The van der Waals surface area contributed by atoms with Gasteiger partial charge in [-0.05, 0) is 38.6 Å². The molecule has 1 aromatic carbocycles. The van der Waals surface area contributed by atoms with Crippen molar-refractivity contribution in [2.75, 3.05) is 32.5 Å². The molecule has 0 atom stereocenters. The minimum atomic E-state index is -0.138. The second-order valence-corrected chi connectivity index (χ2v) is 4.65. The van der Waals surface area contributed by atoms with E-state index in [9.17, 15) is 4.79 Å². The fourth-order valence-corrected chi connectivity index (χ4v) is 1.75. The van der Waals surface area contributed by atoms with Crippen LogP contribution in [0.25, 0.3) is 0 Å². The van der Waals surface area contributed by atoms with Crippen LogP contribution in [0.2, 0.25) is 0 Å². The zero-order chi connectivity index (χ0) is 13.5. The van der Waals surface area contributed by atoms with Crippen LogP contribution in [-0.2, 0) is 6.42 Å². The third-order valence-electron chi connectivity index (χ3n) is 2.82. The summed E-state index contributed by atoms with van der Waals surface area (Å²) < 4.78 is 0. The van der Waals surface area contributed by atoms with Gasteiger partial charge in [-0.1, -0.05) is 25.1 Å². The maximum absolute atomic E-state index is 11.8. The van der Waals surface area contributed by atoms with Crippen molar-refractivity contribution in [2.24, 2.45) is 0 Å². The van der Waals surface area contributed by atoms with Gasteiger partial charge in [-0.25, -0.2) is 4.79 Å². The quantitative estimate of drug-likeness (QED) is 0.840. The second kappa shape index (κ2) is 7.01. The molecular weight excluding hydrogens is 226 g/mol. The first-order valence-electron chi connectivity index (χ1n) is 6.32. The van der Waals surface area contributed by atoms with Gasteiger partial charge in [-0.3, -0.25) is 0 Å². The van der Waals surface area contributed by atoms with Gasteiger partial charge < -0.3 is 15.5 Å². The smallest absolute Gasteiger partial charge is 0.319 e. The molecule has 2 amide bonds. The summed E-state index contributed by atoms with van der Waals surface area (Å²) in [7, 11) is 3.96. The lowest BCUT2D eigenvalue weighted by atomic mass is 10.1. The van der Waals surface area contributed by atoms with Crippen molar-refractivity contribution in [1.29, 1.82) is 0 Å². The highest BCUT2D eigenvalue weighted by Gasteiger charge is 2.07. The standard InChI is InChI=1S/C14H23N3O/c1-5-12-8-6-7-11(2)13(12)16-14(18)15-9-10-17(3)4/h6-8H,5,9-10H2,1-4H3,(H2,15,16,18). The molecule has 0 aromatic heterocycles. The molecule has 4 nitrogen and oxygen atoms in total. The van der Waals surface area contributed by atoms with Crippen LogP contribution in [0.1, 0.15) is 18.1 Å². The number of para-hydroxylation sites is 1. The summed E-state index contributed by atoms with van der Waals surface area (Å²) in [5.41, 5.74) is 3.19. The SMILES string of the molecule is CCc1cccc(C)c1NC(=O)NCCN(C)C. The molecular formula is C14H23N3O. The van der Waals surface area contributed by atoms with Crippen molar-refractivity contribution in [2.45, 2.75) is 20.3 Å². The highest BCUT2D eigenvalue weighted by atomic mass is 16.2. The number of carbonyl (C=O) groups is 1. The first-order valence-corrected chi connectivity index (χ1v) is 6.32. The van der Waals surface area contributed by atoms with E-state index in [1.807, 2.05) is 44.1 Å². The first-order chi connectivity index (χ1) is 8.54. The molecule has 0 bridgehead atoms. The number of benzene rings is 1. The average molecular weight is 249 g/mol. The minimum Gasteiger partial charge on any atom is -0.337 e. The molecule has 0 radical (unpaired) electrons. The van der Waals surface area contributed by atoms with E-state index in [2.05, 4.69) is 17.6 Å². The molecule has 1 aromatic rings. The highest BCUT2D eigenvalue weighted by molar-refractivity contribution is 5.91. The molecule has 100 valence electrons. The van der Waals surface area contributed by atoms with Crippen molar-refractivity contribution < 1.29 is 4.79 Å². The molecule has 1 rings (SSSR count). The van der Waals surface area contributed by atoms with E-state index in [4.69, 9.17) is 0 Å². The van der Waals surface area contributed by atoms with Crippen LogP contribution >= 0.6 is 0 Å². The Morgan fingerprint density at radius 2 is 2.06 bits per heavy atom. The van der Waals surface area contributed by atoms with Crippen molar-refractivity contribution >= 4 is 11.7 Å². The zero-order valence-electron chi connectivity index (χ0n) is 11.7. The van der Waals surface area contributed by atoms with Gasteiger partial charge in [-0.15, -0.1) is 0 Å². The molecule has 0 aliphatic rings. The van der Waals surface area contributed by atoms with Crippen LogP contribution in [-0.4, -0.2) is 38.1 Å². The van der Waals surface area contributed by atoms with E-state index in [1.54, 1.807) is 0 Å². The van der Waals surface area contributed by atoms with E-state index in [0.29, 0.717) is 6.54 Å². The Kier molecular flexibility index (Phi) is 5.65. The van der Waals surface area contributed by atoms with Crippen LogP contribution in [0, 0.1) is 6.92 Å². The lowest BCUT2D eigenvalue weighted by Gasteiger charge is -2.14. The Morgan fingerprint density at radius 1 is 1.33 bits per heavy atom.